The highest BCUT2D eigenvalue weighted by molar-refractivity contribution is 5.74. The maximum atomic E-state index is 13.4. The van der Waals surface area contributed by atoms with Gasteiger partial charge in [-0.3, -0.25) is 10.1 Å². The van der Waals surface area contributed by atoms with Crippen LogP contribution in [0.15, 0.2) is 24.3 Å². The lowest BCUT2D eigenvalue weighted by Gasteiger charge is -2.30. The number of benzene rings is 1. The molecule has 1 fully saturated rings. The second kappa shape index (κ2) is 6.88. The maximum Gasteiger partial charge on any atom is 0.353 e. The Labute approximate surface area is 144 Å². The van der Waals surface area contributed by atoms with Crippen molar-refractivity contribution in [2.24, 2.45) is 5.92 Å². The molecule has 0 spiro atoms. The zero-order valence-electron chi connectivity index (χ0n) is 13.8. The highest BCUT2D eigenvalue weighted by Crippen LogP contribution is 2.33. The molecule has 3 rings (SSSR count). The maximum absolute atomic E-state index is 13.4. The summed E-state index contributed by atoms with van der Waals surface area (Å²) in [5.74, 6) is 0.245. The number of aromatic nitrogens is 2. The summed E-state index contributed by atoms with van der Waals surface area (Å²) in [6.45, 7) is 3.70. The molecule has 0 amide bonds. The molecule has 0 aliphatic carbocycles. The Balaban J connectivity index is 1.97. The molecular weight excluding hydrogens is 327 g/mol. The average molecular weight is 346 g/mol. The van der Waals surface area contributed by atoms with Crippen LogP contribution in [0, 0.1) is 21.8 Å². The molecule has 2 heterocycles. The first kappa shape index (κ1) is 16.9. The molecule has 2 aromatic rings. The number of halogens is 1. The molecule has 0 radical (unpaired) electrons. The summed E-state index contributed by atoms with van der Waals surface area (Å²) < 4.78 is 13.4. The minimum atomic E-state index is -0.640. The van der Waals surface area contributed by atoms with Crippen LogP contribution in [0.3, 0.4) is 0 Å². The minimum absolute atomic E-state index is 0.0447. The zero-order chi connectivity index (χ0) is 18.0. The highest BCUT2D eigenvalue weighted by atomic mass is 19.1. The number of hydrogen-bond donors (Lipinski definition) is 2. The number of piperidine rings is 1. The SMILES string of the molecule is CC1CCN(c2nc(N)c([N+](=O)[O-])c(Nc3cccc(F)c3)n2)CC1. The van der Waals surface area contributed by atoms with Gasteiger partial charge in [0, 0.05) is 18.8 Å². The van der Waals surface area contributed by atoms with Crippen molar-refractivity contribution in [3.05, 3.63) is 40.2 Å². The number of rotatable bonds is 4. The Morgan fingerprint density at radius 1 is 1.36 bits per heavy atom. The highest BCUT2D eigenvalue weighted by Gasteiger charge is 2.26. The Morgan fingerprint density at radius 3 is 2.72 bits per heavy atom. The fraction of sp³-hybridized carbons (Fsp3) is 0.375. The lowest BCUT2D eigenvalue weighted by Crippen LogP contribution is -2.34. The third kappa shape index (κ3) is 3.76. The normalized spacial score (nSPS) is 15.2. The van der Waals surface area contributed by atoms with E-state index in [0.717, 1.165) is 25.9 Å². The predicted octanol–water partition coefficient (Wildman–Crippen LogP) is 3.09. The second-order valence-corrected chi connectivity index (χ2v) is 6.17. The van der Waals surface area contributed by atoms with E-state index in [2.05, 4.69) is 22.2 Å². The zero-order valence-corrected chi connectivity index (χ0v) is 13.8. The van der Waals surface area contributed by atoms with Gasteiger partial charge >= 0.3 is 5.69 Å². The van der Waals surface area contributed by atoms with Gasteiger partial charge in [0.2, 0.25) is 17.6 Å². The van der Waals surface area contributed by atoms with E-state index in [9.17, 15) is 14.5 Å². The van der Waals surface area contributed by atoms with Crippen LogP contribution in [-0.2, 0) is 0 Å². The quantitative estimate of drug-likeness (QED) is 0.646. The van der Waals surface area contributed by atoms with Gasteiger partial charge in [-0.05, 0) is 37.0 Å². The fourth-order valence-corrected chi connectivity index (χ4v) is 2.78. The number of anilines is 4. The molecule has 0 saturated carbocycles. The van der Waals surface area contributed by atoms with Crippen molar-refractivity contribution in [1.82, 2.24) is 9.97 Å². The van der Waals surface area contributed by atoms with E-state index < -0.39 is 16.4 Å². The Hall–Kier alpha value is -2.97. The number of nitro groups is 1. The van der Waals surface area contributed by atoms with Crippen molar-refractivity contribution in [2.75, 3.05) is 29.0 Å². The first-order valence-corrected chi connectivity index (χ1v) is 8.03. The molecule has 1 aromatic heterocycles. The van der Waals surface area contributed by atoms with E-state index in [1.807, 2.05) is 4.90 Å². The van der Waals surface area contributed by atoms with Gasteiger partial charge < -0.3 is 16.0 Å². The van der Waals surface area contributed by atoms with Gasteiger partial charge in [0.15, 0.2) is 0 Å². The van der Waals surface area contributed by atoms with E-state index >= 15 is 0 Å². The van der Waals surface area contributed by atoms with Crippen molar-refractivity contribution >= 4 is 29.0 Å². The van der Waals surface area contributed by atoms with Gasteiger partial charge in [0.25, 0.3) is 0 Å². The van der Waals surface area contributed by atoms with E-state index in [4.69, 9.17) is 5.73 Å². The van der Waals surface area contributed by atoms with Gasteiger partial charge in [-0.25, -0.2) is 4.39 Å². The van der Waals surface area contributed by atoms with Crippen LogP contribution >= 0.6 is 0 Å². The summed E-state index contributed by atoms with van der Waals surface area (Å²) in [4.78, 5) is 21.1. The number of nitrogens with zero attached hydrogens (tertiary/aromatic N) is 4. The van der Waals surface area contributed by atoms with Gasteiger partial charge in [0.1, 0.15) is 5.82 Å². The second-order valence-electron chi connectivity index (χ2n) is 6.17. The van der Waals surface area contributed by atoms with Crippen molar-refractivity contribution in [2.45, 2.75) is 19.8 Å². The molecular formula is C16H19FN6O2. The first-order valence-electron chi connectivity index (χ1n) is 8.03. The van der Waals surface area contributed by atoms with Gasteiger partial charge in [-0.15, -0.1) is 0 Å². The smallest absolute Gasteiger partial charge is 0.353 e. The van der Waals surface area contributed by atoms with Crippen LogP contribution in [0.4, 0.5) is 33.3 Å². The summed E-state index contributed by atoms with van der Waals surface area (Å²) in [7, 11) is 0. The summed E-state index contributed by atoms with van der Waals surface area (Å²) in [5.41, 5.74) is 5.74. The van der Waals surface area contributed by atoms with Crippen LogP contribution in [-0.4, -0.2) is 28.0 Å². The summed E-state index contributed by atoms with van der Waals surface area (Å²) in [6.07, 6.45) is 1.99. The van der Waals surface area contributed by atoms with Gasteiger partial charge in [-0.2, -0.15) is 9.97 Å². The van der Waals surface area contributed by atoms with Gasteiger partial charge in [-0.1, -0.05) is 13.0 Å². The average Bonchev–Trinajstić information content (AvgIpc) is 2.54. The Bertz CT molecular complexity index is 792. The standard InChI is InChI=1S/C16H19FN6O2/c1-10-5-7-22(8-6-10)16-20-14(18)13(23(24)25)15(21-16)19-12-4-2-3-11(17)9-12/h2-4,9-10H,5-8H2,1H3,(H3,18,19,20,21). The summed E-state index contributed by atoms with van der Waals surface area (Å²) >= 11 is 0. The van der Waals surface area contributed by atoms with Crippen LogP contribution < -0.4 is 16.0 Å². The van der Waals surface area contributed by atoms with Crippen LogP contribution in [0.1, 0.15) is 19.8 Å². The van der Waals surface area contributed by atoms with Crippen molar-refractivity contribution in [1.29, 1.82) is 0 Å². The largest absolute Gasteiger partial charge is 0.378 e. The minimum Gasteiger partial charge on any atom is -0.378 e. The fourth-order valence-electron chi connectivity index (χ4n) is 2.78. The van der Waals surface area contributed by atoms with Crippen molar-refractivity contribution in [3.63, 3.8) is 0 Å². The van der Waals surface area contributed by atoms with Gasteiger partial charge in [0.05, 0.1) is 4.92 Å². The molecule has 25 heavy (non-hydrogen) atoms. The number of hydrogen-bond acceptors (Lipinski definition) is 7. The summed E-state index contributed by atoms with van der Waals surface area (Å²) in [5, 5.41) is 14.1. The Morgan fingerprint density at radius 2 is 2.08 bits per heavy atom. The van der Waals surface area contributed by atoms with E-state index in [1.54, 1.807) is 6.07 Å². The molecule has 1 saturated heterocycles. The molecule has 1 aromatic carbocycles. The topological polar surface area (TPSA) is 110 Å². The molecule has 0 atom stereocenters. The Kier molecular flexibility index (Phi) is 4.64. The van der Waals surface area contributed by atoms with E-state index in [-0.39, 0.29) is 11.6 Å². The number of nitrogens with one attached hydrogen (secondary N) is 1. The first-order chi connectivity index (χ1) is 11.9. The van der Waals surface area contributed by atoms with Crippen LogP contribution in [0.5, 0.6) is 0 Å². The lowest BCUT2D eigenvalue weighted by molar-refractivity contribution is -0.383. The van der Waals surface area contributed by atoms with Crippen molar-refractivity contribution < 1.29 is 9.31 Å². The molecule has 9 heteroatoms. The van der Waals surface area contributed by atoms with Crippen LogP contribution in [0.25, 0.3) is 0 Å². The van der Waals surface area contributed by atoms with E-state index in [0.29, 0.717) is 17.6 Å². The summed E-state index contributed by atoms with van der Waals surface area (Å²) in [6, 6.07) is 5.60. The molecule has 0 bridgehead atoms. The third-order valence-electron chi connectivity index (χ3n) is 4.24. The lowest BCUT2D eigenvalue weighted by atomic mass is 10.00. The van der Waals surface area contributed by atoms with Crippen molar-refractivity contribution in [3.8, 4) is 0 Å². The predicted molar refractivity (Wildman–Crippen MR) is 93.4 cm³/mol. The van der Waals surface area contributed by atoms with E-state index in [1.165, 1.54) is 18.2 Å². The third-order valence-corrected chi connectivity index (χ3v) is 4.24. The molecule has 132 valence electrons. The molecule has 3 N–H and O–H groups in total. The monoisotopic (exact) mass is 346 g/mol. The molecule has 0 unspecified atom stereocenters. The number of nitrogens with two attached hydrogens (primary N) is 1. The molecule has 1 aliphatic heterocycles. The number of nitrogen functional groups attached to an aromatic ring is 1. The molecule has 8 nitrogen and oxygen atoms in total. The van der Waals surface area contributed by atoms with Crippen LogP contribution in [0.2, 0.25) is 0 Å². The molecule has 1 aliphatic rings.